The second kappa shape index (κ2) is 10.4. The summed E-state index contributed by atoms with van der Waals surface area (Å²) in [5.41, 5.74) is 5.51. The van der Waals surface area contributed by atoms with Crippen molar-refractivity contribution >= 4 is 18.3 Å². The molecule has 0 unspecified atom stereocenters. The van der Waals surface area contributed by atoms with Crippen molar-refractivity contribution in [3.05, 3.63) is 0 Å². The molecule has 1 aliphatic rings. The van der Waals surface area contributed by atoms with Gasteiger partial charge in [0.05, 0.1) is 18.2 Å². The molecule has 0 radical (unpaired) electrons. The lowest BCUT2D eigenvalue weighted by atomic mass is 9.93. The molecule has 0 spiro atoms. The van der Waals surface area contributed by atoms with Gasteiger partial charge in [0.15, 0.2) is 0 Å². The molecule has 3 N–H and O–H groups in total. The molecule has 120 valence electrons. The third-order valence-electron chi connectivity index (χ3n) is 4.00. The average Bonchev–Trinajstić information content (AvgIpc) is 2.46. The first-order valence-corrected chi connectivity index (χ1v) is 7.36. The number of nitrogens with two attached hydrogens (primary N) is 1. The van der Waals surface area contributed by atoms with E-state index in [1.54, 1.807) is 0 Å². The first-order valence-electron chi connectivity index (χ1n) is 7.36. The van der Waals surface area contributed by atoms with Crippen LogP contribution in [0, 0.1) is 0 Å². The normalized spacial score (nSPS) is 16.6. The number of hydrogen-bond acceptors (Lipinski definition) is 4. The number of carbonyl (C=O) groups is 1. The summed E-state index contributed by atoms with van der Waals surface area (Å²) in [5, 5.41) is 3.05. The van der Waals surface area contributed by atoms with Gasteiger partial charge >= 0.3 is 0 Å². The van der Waals surface area contributed by atoms with Crippen molar-refractivity contribution in [3.63, 3.8) is 0 Å². The Bertz CT molecular complexity index is 259. The minimum Gasteiger partial charge on any atom is -0.381 e. The molecule has 1 amide bonds. The monoisotopic (exact) mass is 308 g/mol. The lowest BCUT2D eigenvalue weighted by Gasteiger charge is -2.31. The zero-order chi connectivity index (χ0) is 14.1. The summed E-state index contributed by atoms with van der Waals surface area (Å²) in [5.74, 6) is 0.0289. The number of rotatable bonds is 8. The largest absolute Gasteiger partial charge is 0.381 e. The van der Waals surface area contributed by atoms with Crippen LogP contribution in [0.15, 0.2) is 0 Å². The summed E-state index contributed by atoms with van der Waals surface area (Å²) in [6, 6.07) is 0. The first kappa shape index (κ1) is 19.6. The Labute approximate surface area is 128 Å². The van der Waals surface area contributed by atoms with E-state index in [-0.39, 0.29) is 30.0 Å². The molecule has 6 heteroatoms. The van der Waals surface area contributed by atoms with Crippen molar-refractivity contribution in [1.82, 2.24) is 5.32 Å². The fourth-order valence-electron chi connectivity index (χ4n) is 2.29. The molecule has 1 saturated heterocycles. The van der Waals surface area contributed by atoms with Gasteiger partial charge in [-0.2, -0.15) is 0 Å². The minimum atomic E-state index is -0.254. The Morgan fingerprint density at radius 2 is 1.95 bits per heavy atom. The zero-order valence-electron chi connectivity index (χ0n) is 12.7. The molecule has 20 heavy (non-hydrogen) atoms. The lowest BCUT2D eigenvalue weighted by molar-refractivity contribution is -0.125. The highest BCUT2D eigenvalue weighted by Crippen LogP contribution is 2.14. The van der Waals surface area contributed by atoms with Crippen molar-refractivity contribution in [3.8, 4) is 0 Å². The summed E-state index contributed by atoms with van der Waals surface area (Å²) in [4.78, 5) is 11.9. The van der Waals surface area contributed by atoms with E-state index >= 15 is 0 Å². The van der Waals surface area contributed by atoms with Crippen molar-refractivity contribution in [2.24, 2.45) is 5.73 Å². The molecule has 1 rings (SSSR count). The lowest BCUT2D eigenvalue weighted by Crippen LogP contribution is -2.53. The van der Waals surface area contributed by atoms with E-state index < -0.39 is 0 Å². The second-order valence-corrected chi connectivity index (χ2v) is 5.17. The Kier molecular flexibility index (Phi) is 10.2. The molecule has 0 aromatic rings. The number of halogens is 1. The van der Waals surface area contributed by atoms with Crippen molar-refractivity contribution in [2.75, 3.05) is 26.4 Å². The number of hydrogen-bond donors (Lipinski definition) is 2. The maximum absolute atomic E-state index is 11.9. The van der Waals surface area contributed by atoms with Crippen LogP contribution < -0.4 is 11.1 Å². The SMILES string of the molecule is CCC(CC)(CN)NC(=O)CCOC1CCOCC1.Cl. The maximum atomic E-state index is 11.9. The molecular weight excluding hydrogens is 280 g/mol. The summed E-state index contributed by atoms with van der Waals surface area (Å²) in [7, 11) is 0. The van der Waals surface area contributed by atoms with Crippen LogP contribution in [-0.2, 0) is 14.3 Å². The van der Waals surface area contributed by atoms with Gasteiger partial charge in [0, 0.05) is 26.2 Å². The minimum absolute atomic E-state index is 0. The van der Waals surface area contributed by atoms with Gasteiger partial charge in [-0.1, -0.05) is 13.8 Å². The highest BCUT2D eigenvalue weighted by molar-refractivity contribution is 5.85. The van der Waals surface area contributed by atoms with Gasteiger partial charge in [-0.05, 0) is 25.7 Å². The standard InChI is InChI=1S/C14H28N2O3.ClH/c1-3-14(4-2,11-15)16-13(17)7-10-19-12-5-8-18-9-6-12;/h12H,3-11,15H2,1-2H3,(H,16,17);1H. The van der Waals surface area contributed by atoms with Gasteiger partial charge in [0.2, 0.25) is 5.91 Å². The van der Waals surface area contributed by atoms with Crippen LogP contribution in [-0.4, -0.2) is 43.9 Å². The molecule has 1 fully saturated rings. The van der Waals surface area contributed by atoms with Crippen LogP contribution in [0.3, 0.4) is 0 Å². The van der Waals surface area contributed by atoms with E-state index in [0.29, 0.717) is 19.6 Å². The molecule has 0 aromatic carbocycles. The number of nitrogens with one attached hydrogen (secondary N) is 1. The Morgan fingerprint density at radius 3 is 2.45 bits per heavy atom. The number of ether oxygens (including phenoxy) is 2. The molecule has 1 heterocycles. The van der Waals surface area contributed by atoms with E-state index in [0.717, 1.165) is 38.9 Å². The molecule has 0 saturated carbocycles. The summed E-state index contributed by atoms with van der Waals surface area (Å²) >= 11 is 0. The van der Waals surface area contributed by atoms with Crippen LogP contribution >= 0.6 is 12.4 Å². The number of carbonyl (C=O) groups excluding carboxylic acids is 1. The highest BCUT2D eigenvalue weighted by Gasteiger charge is 2.26. The summed E-state index contributed by atoms with van der Waals surface area (Å²) < 4.78 is 11.0. The van der Waals surface area contributed by atoms with Crippen LogP contribution in [0.5, 0.6) is 0 Å². The molecule has 1 aliphatic heterocycles. The van der Waals surface area contributed by atoms with E-state index in [4.69, 9.17) is 15.2 Å². The Hall–Kier alpha value is -0.360. The van der Waals surface area contributed by atoms with Crippen molar-refractivity contribution < 1.29 is 14.3 Å². The van der Waals surface area contributed by atoms with Crippen LogP contribution in [0.4, 0.5) is 0 Å². The van der Waals surface area contributed by atoms with Crippen LogP contribution in [0.2, 0.25) is 0 Å². The summed E-state index contributed by atoms with van der Waals surface area (Å²) in [6.45, 7) is 6.58. The van der Waals surface area contributed by atoms with E-state index in [1.807, 2.05) is 0 Å². The first-order chi connectivity index (χ1) is 9.15. The van der Waals surface area contributed by atoms with Gasteiger partial charge in [-0.25, -0.2) is 0 Å². The average molecular weight is 309 g/mol. The predicted octanol–water partition coefficient (Wildman–Crippen LogP) is 1.63. The molecule has 5 nitrogen and oxygen atoms in total. The predicted molar refractivity (Wildman–Crippen MR) is 82.2 cm³/mol. The smallest absolute Gasteiger partial charge is 0.222 e. The maximum Gasteiger partial charge on any atom is 0.222 e. The van der Waals surface area contributed by atoms with Gasteiger partial charge < -0.3 is 20.5 Å². The highest BCUT2D eigenvalue weighted by atomic mass is 35.5. The van der Waals surface area contributed by atoms with E-state index in [1.165, 1.54) is 0 Å². The van der Waals surface area contributed by atoms with Gasteiger partial charge in [-0.3, -0.25) is 4.79 Å². The molecule has 0 aliphatic carbocycles. The third-order valence-corrected chi connectivity index (χ3v) is 4.00. The van der Waals surface area contributed by atoms with Gasteiger partial charge in [0.25, 0.3) is 0 Å². The van der Waals surface area contributed by atoms with Gasteiger partial charge in [-0.15, -0.1) is 12.4 Å². The topological polar surface area (TPSA) is 73.6 Å². The fraction of sp³-hybridized carbons (Fsp3) is 0.929. The van der Waals surface area contributed by atoms with Crippen LogP contribution in [0.1, 0.15) is 46.0 Å². The molecule has 0 bridgehead atoms. The Balaban J connectivity index is 0.00000361. The van der Waals surface area contributed by atoms with Crippen molar-refractivity contribution in [2.45, 2.75) is 57.6 Å². The molecule has 0 atom stereocenters. The van der Waals surface area contributed by atoms with Crippen LogP contribution in [0.25, 0.3) is 0 Å². The second-order valence-electron chi connectivity index (χ2n) is 5.17. The zero-order valence-corrected chi connectivity index (χ0v) is 13.5. The Morgan fingerprint density at radius 1 is 1.35 bits per heavy atom. The fourth-order valence-corrected chi connectivity index (χ4v) is 2.29. The summed E-state index contributed by atoms with van der Waals surface area (Å²) in [6.07, 6.45) is 4.22. The van der Waals surface area contributed by atoms with E-state index in [2.05, 4.69) is 19.2 Å². The van der Waals surface area contributed by atoms with Crippen molar-refractivity contribution in [1.29, 1.82) is 0 Å². The quantitative estimate of drug-likeness (QED) is 0.715. The van der Waals surface area contributed by atoms with E-state index in [9.17, 15) is 4.79 Å². The molecule has 0 aromatic heterocycles. The van der Waals surface area contributed by atoms with Gasteiger partial charge in [0.1, 0.15) is 0 Å². The third kappa shape index (κ3) is 6.39. The number of amides is 1. The molecular formula is C14H29ClN2O3.